The lowest BCUT2D eigenvalue weighted by atomic mass is 9.86. The molecule has 0 spiro atoms. The first-order valence-corrected chi connectivity index (χ1v) is 18.5. The van der Waals surface area contributed by atoms with E-state index >= 15 is 0 Å². The third-order valence-electron chi connectivity index (χ3n) is 8.96. The average Bonchev–Trinajstić information content (AvgIpc) is 3.16. The van der Waals surface area contributed by atoms with Gasteiger partial charge in [-0.2, -0.15) is 0 Å². The minimum absolute atomic E-state index is 0.115. The molecule has 0 atom stereocenters. The van der Waals surface area contributed by atoms with E-state index in [1.807, 2.05) is 36.4 Å². The lowest BCUT2D eigenvalue weighted by molar-refractivity contribution is 0.590. The molecule has 51 heavy (non-hydrogen) atoms. The largest absolute Gasteiger partial charge is 0.372 e. The van der Waals surface area contributed by atoms with Crippen LogP contribution in [-0.2, 0) is 5.41 Å². The van der Waals surface area contributed by atoms with Gasteiger partial charge in [0.2, 0.25) is 0 Å². The molecule has 0 saturated carbocycles. The smallest absolute Gasteiger partial charge is 0.0366 e. The highest BCUT2D eigenvalue weighted by Gasteiger charge is 2.12. The Kier molecular flexibility index (Phi) is 13.3. The molecular weight excluding hydrogens is 615 g/mol. The highest BCUT2D eigenvalue weighted by molar-refractivity contribution is 5.80. The summed E-state index contributed by atoms with van der Waals surface area (Å²) >= 11 is 0. The fourth-order valence-corrected chi connectivity index (χ4v) is 5.78. The molecule has 0 aliphatic carbocycles. The Hall–Kier alpha value is -5.50. The highest BCUT2D eigenvalue weighted by atomic mass is 15.1. The van der Waals surface area contributed by atoms with Gasteiger partial charge in [0.1, 0.15) is 0 Å². The van der Waals surface area contributed by atoms with Crippen LogP contribution in [0, 0.1) is 23.7 Å². The molecule has 0 bridgehead atoms. The number of hydrogen-bond acceptors (Lipinski definition) is 1. The second kappa shape index (κ2) is 18.5. The zero-order valence-electron chi connectivity index (χ0n) is 31.0. The van der Waals surface area contributed by atoms with E-state index in [-0.39, 0.29) is 5.41 Å². The molecule has 0 radical (unpaired) electrons. The van der Waals surface area contributed by atoms with Gasteiger partial charge < -0.3 is 4.90 Å². The lowest BCUT2D eigenvalue weighted by Crippen LogP contribution is -2.25. The second-order valence-corrected chi connectivity index (χ2v) is 14.1. The topological polar surface area (TPSA) is 3.24 Å². The van der Waals surface area contributed by atoms with E-state index in [1.165, 1.54) is 36.9 Å². The first-order chi connectivity index (χ1) is 24.8. The van der Waals surface area contributed by atoms with Crippen molar-refractivity contribution in [1.82, 2.24) is 0 Å². The molecule has 0 fully saturated rings. The molecule has 0 aliphatic heterocycles. The molecule has 5 aromatic carbocycles. The van der Waals surface area contributed by atoms with Crippen LogP contribution >= 0.6 is 0 Å². The number of unbranched alkanes of at least 4 members (excludes halogenated alkanes) is 2. The Labute approximate surface area is 307 Å². The summed E-state index contributed by atoms with van der Waals surface area (Å²) in [5, 5.41) is 0. The van der Waals surface area contributed by atoms with E-state index in [1.54, 1.807) is 0 Å². The maximum atomic E-state index is 3.50. The predicted octanol–water partition coefficient (Wildman–Crippen LogP) is 12.5. The van der Waals surface area contributed by atoms with Crippen LogP contribution in [-0.4, -0.2) is 13.1 Å². The van der Waals surface area contributed by atoms with Gasteiger partial charge in [-0.15, -0.1) is 0 Å². The number of rotatable bonds is 11. The molecule has 0 saturated heterocycles. The van der Waals surface area contributed by atoms with Crippen molar-refractivity contribution in [1.29, 1.82) is 0 Å². The van der Waals surface area contributed by atoms with Gasteiger partial charge in [0.15, 0.2) is 0 Å². The minimum Gasteiger partial charge on any atom is -0.372 e. The zero-order valence-corrected chi connectivity index (χ0v) is 31.0. The van der Waals surface area contributed by atoms with E-state index in [0.29, 0.717) is 0 Å². The van der Waals surface area contributed by atoms with Crippen LogP contribution in [0.3, 0.4) is 0 Å². The molecule has 0 aromatic heterocycles. The second-order valence-electron chi connectivity index (χ2n) is 14.1. The third-order valence-corrected chi connectivity index (χ3v) is 8.96. The monoisotopic (exact) mass is 665 g/mol. The molecule has 5 aromatic rings. The van der Waals surface area contributed by atoms with Crippen molar-refractivity contribution in [3.8, 4) is 23.7 Å². The van der Waals surface area contributed by atoms with Gasteiger partial charge in [0.25, 0.3) is 0 Å². The van der Waals surface area contributed by atoms with Crippen LogP contribution in [0.5, 0.6) is 0 Å². The van der Waals surface area contributed by atoms with Crippen molar-refractivity contribution in [3.63, 3.8) is 0 Å². The van der Waals surface area contributed by atoms with Crippen LogP contribution in [0.25, 0.3) is 24.3 Å². The zero-order chi connectivity index (χ0) is 35.9. The maximum Gasteiger partial charge on any atom is 0.0366 e. The van der Waals surface area contributed by atoms with E-state index < -0.39 is 0 Å². The maximum absolute atomic E-state index is 3.50. The van der Waals surface area contributed by atoms with Gasteiger partial charge in [-0.05, 0) is 94.6 Å². The SMILES string of the molecule is CCCCN(CCCC)c1ccc(/C=C/c2cc(C#Cc3ccccc3)c(/C=C/c3ccc(C(C)(C)C)cc3)cc2C#Cc2ccccc2)cc1. The van der Waals surface area contributed by atoms with Gasteiger partial charge in [0.05, 0.1) is 0 Å². The van der Waals surface area contributed by atoms with E-state index in [9.17, 15) is 0 Å². The average molecular weight is 666 g/mol. The van der Waals surface area contributed by atoms with Crippen LogP contribution in [0.2, 0.25) is 0 Å². The van der Waals surface area contributed by atoms with E-state index in [2.05, 4.69) is 172 Å². The van der Waals surface area contributed by atoms with Gasteiger partial charge >= 0.3 is 0 Å². The van der Waals surface area contributed by atoms with Crippen molar-refractivity contribution in [2.24, 2.45) is 0 Å². The molecule has 1 nitrogen and oxygen atoms in total. The lowest BCUT2D eigenvalue weighted by Gasteiger charge is -2.24. The Balaban J connectivity index is 1.55. The summed E-state index contributed by atoms with van der Waals surface area (Å²) in [4.78, 5) is 2.53. The molecule has 0 N–H and O–H groups in total. The van der Waals surface area contributed by atoms with Crippen LogP contribution in [0.15, 0.2) is 121 Å². The summed E-state index contributed by atoms with van der Waals surface area (Å²) in [5.41, 5.74) is 11.0. The van der Waals surface area contributed by atoms with Gasteiger partial charge in [0, 0.05) is 41.0 Å². The molecule has 5 rings (SSSR count). The Bertz CT molecular complexity index is 2010. The first-order valence-electron chi connectivity index (χ1n) is 18.5. The van der Waals surface area contributed by atoms with Gasteiger partial charge in [-0.25, -0.2) is 0 Å². The van der Waals surface area contributed by atoms with Crippen molar-refractivity contribution in [3.05, 3.63) is 171 Å². The normalized spacial score (nSPS) is 11.2. The third kappa shape index (κ3) is 11.3. The number of hydrogen-bond donors (Lipinski definition) is 0. The number of benzene rings is 5. The first kappa shape index (κ1) is 36.8. The molecular formula is C50H51N. The van der Waals surface area contributed by atoms with E-state index in [4.69, 9.17) is 0 Å². The fraction of sp³-hybridized carbons (Fsp3) is 0.240. The van der Waals surface area contributed by atoms with Crippen molar-refractivity contribution in [2.45, 2.75) is 65.7 Å². The van der Waals surface area contributed by atoms with Gasteiger partial charge in [-0.3, -0.25) is 0 Å². The standard InChI is InChI=1S/C50H51N/c1-6-8-36-51(37-9-7-2)49-34-26-43(27-35-49)23-31-47-39-44(28-20-40-16-12-10-13-17-40)46(38-45(47)29-21-41-18-14-11-15-19-41)30-22-42-24-32-48(33-25-42)50(3,4)5/h10-19,22-27,30-35,38-39H,6-9,36-37H2,1-5H3/b30-22+,31-23+. The molecule has 256 valence electrons. The minimum atomic E-state index is 0.115. The molecule has 1 heteroatoms. The summed E-state index contributed by atoms with van der Waals surface area (Å²) in [6.07, 6.45) is 13.5. The molecule has 0 amide bonds. The fourth-order valence-electron chi connectivity index (χ4n) is 5.78. The summed E-state index contributed by atoms with van der Waals surface area (Å²) in [6, 6.07) is 42.6. The quantitative estimate of drug-likeness (QED) is 0.100. The van der Waals surface area contributed by atoms with Crippen molar-refractivity contribution in [2.75, 3.05) is 18.0 Å². The summed E-state index contributed by atoms with van der Waals surface area (Å²) < 4.78 is 0. The summed E-state index contributed by atoms with van der Waals surface area (Å²) in [6.45, 7) is 13.5. The molecule has 0 unspecified atom stereocenters. The van der Waals surface area contributed by atoms with Crippen LogP contribution in [0.1, 0.15) is 110 Å². The van der Waals surface area contributed by atoms with Crippen molar-refractivity contribution < 1.29 is 0 Å². The number of anilines is 1. The Morgan fingerprint density at radius 2 is 0.941 bits per heavy atom. The Morgan fingerprint density at radius 3 is 1.35 bits per heavy atom. The van der Waals surface area contributed by atoms with Crippen LogP contribution < -0.4 is 4.90 Å². The summed E-state index contributed by atoms with van der Waals surface area (Å²) in [7, 11) is 0. The van der Waals surface area contributed by atoms with Crippen molar-refractivity contribution >= 4 is 30.0 Å². The van der Waals surface area contributed by atoms with E-state index in [0.717, 1.165) is 57.6 Å². The highest BCUT2D eigenvalue weighted by Crippen LogP contribution is 2.25. The Morgan fingerprint density at radius 1 is 0.510 bits per heavy atom. The predicted molar refractivity (Wildman–Crippen MR) is 223 cm³/mol. The van der Waals surface area contributed by atoms with Gasteiger partial charge in [-0.1, -0.05) is 168 Å². The summed E-state index contributed by atoms with van der Waals surface area (Å²) in [5.74, 6) is 13.8. The molecule has 0 heterocycles. The molecule has 0 aliphatic rings. The van der Waals surface area contributed by atoms with Crippen LogP contribution in [0.4, 0.5) is 5.69 Å². The number of nitrogens with zero attached hydrogens (tertiary/aromatic N) is 1.